The summed E-state index contributed by atoms with van der Waals surface area (Å²) >= 11 is 0. The minimum Gasteiger partial charge on any atom is -0.294 e. The molecule has 1 nitrogen and oxygen atoms in total. The van der Waals surface area contributed by atoms with E-state index in [1.54, 1.807) is 0 Å². The Kier molecular flexibility index (Phi) is 5.11. The Bertz CT molecular complexity index is 450. The minimum atomic E-state index is -0.302. The van der Waals surface area contributed by atoms with Gasteiger partial charge in [-0.3, -0.25) is 4.79 Å². The summed E-state index contributed by atoms with van der Waals surface area (Å²) in [7, 11) is 0. The SMILES string of the molecule is C=C(C)C=CCCC1(C)C(=O)C(C)=CCC1C(=C)C. The van der Waals surface area contributed by atoms with Gasteiger partial charge in [-0.2, -0.15) is 0 Å². The van der Waals surface area contributed by atoms with E-state index in [9.17, 15) is 4.79 Å². The van der Waals surface area contributed by atoms with E-state index in [0.717, 1.165) is 36.0 Å². The van der Waals surface area contributed by atoms with Crippen molar-refractivity contribution in [1.82, 2.24) is 0 Å². The third-order valence-electron chi connectivity index (χ3n) is 4.13. The summed E-state index contributed by atoms with van der Waals surface area (Å²) in [6, 6.07) is 0. The average Bonchev–Trinajstić information content (AvgIpc) is 2.31. The van der Waals surface area contributed by atoms with Gasteiger partial charge in [-0.25, -0.2) is 0 Å². The van der Waals surface area contributed by atoms with Gasteiger partial charge in [0.1, 0.15) is 0 Å². The highest BCUT2D eigenvalue weighted by molar-refractivity contribution is 6.00. The monoisotopic (exact) mass is 258 g/mol. The summed E-state index contributed by atoms with van der Waals surface area (Å²) in [5.74, 6) is 0.553. The van der Waals surface area contributed by atoms with E-state index in [2.05, 4.69) is 32.2 Å². The molecule has 0 aromatic carbocycles. The van der Waals surface area contributed by atoms with Gasteiger partial charge in [0, 0.05) is 5.41 Å². The fraction of sp³-hybridized carbons (Fsp3) is 0.500. The molecule has 0 bridgehead atoms. The summed E-state index contributed by atoms with van der Waals surface area (Å²) in [5, 5.41) is 0. The van der Waals surface area contributed by atoms with E-state index in [1.165, 1.54) is 0 Å². The highest BCUT2D eigenvalue weighted by atomic mass is 16.1. The van der Waals surface area contributed by atoms with Crippen molar-refractivity contribution in [3.8, 4) is 0 Å². The van der Waals surface area contributed by atoms with Crippen molar-refractivity contribution in [2.75, 3.05) is 0 Å². The smallest absolute Gasteiger partial charge is 0.164 e. The zero-order chi connectivity index (χ0) is 14.6. The van der Waals surface area contributed by atoms with Gasteiger partial charge in [0.25, 0.3) is 0 Å². The van der Waals surface area contributed by atoms with Crippen LogP contribution in [0, 0.1) is 11.3 Å². The normalized spacial score (nSPS) is 27.5. The molecule has 0 N–H and O–H groups in total. The van der Waals surface area contributed by atoms with Crippen LogP contribution in [0.2, 0.25) is 0 Å². The zero-order valence-electron chi connectivity index (χ0n) is 12.8. The lowest BCUT2D eigenvalue weighted by atomic mass is 9.62. The van der Waals surface area contributed by atoms with E-state index in [1.807, 2.05) is 26.8 Å². The number of hydrogen-bond acceptors (Lipinski definition) is 1. The highest BCUT2D eigenvalue weighted by Crippen LogP contribution is 2.44. The molecule has 0 aliphatic heterocycles. The van der Waals surface area contributed by atoms with Gasteiger partial charge >= 0.3 is 0 Å². The fourth-order valence-corrected chi connectivity index (χ4v) is 2.96. The molecule has 2 unspecified atom stereocenters. The molecule has 1 heteroatoms. The maximum absolute atomic E-state index is 12.5. The molecule has 0 spiro atoms. The molecule has 19 heavy (non-hydrogen) atoms. The first-order valence-electron chi connectivity index (χ1n) is 6.98. The Morgan fingerprint density at radius 1 is 1.47 bits per heavy atom. The first-order chi connectivity index (χ1) is 8.79. The Morgan fingerprint density at radius 2 is 2.11 bits per heavy atom. The summed E-state index contributed by atoms with van der Waals surface area (Å²) < 4.78 is 0. The maximum Gasteiger partial charge on any atom is 0.164 e. The number of carbonyl (C=O) groups is 1. The molecule has 0 radical (unpaired) electrons. The largest absolute Gasteiger partial charge is 0.294 e. The van der Waals surface area contributed by atoms with Crippen molar-refractivity contribution in [3.63, 3.8) is 0 Å². The minimum absolute atomic E-state index is 0.266. The number of allylic oxidation sites excluding steroid dienone is 6. The van der Waals surface area contributed by atoms with E-state index in [-0.39, 0.29) is 17.1 Å². The number of Topliss-reactive ketones (excluding diaryl/α,β-unsaturated/α-hetero) is 1. The Balaban J connectivity index is 2.89. The van der Waals surface area contributed by atoms with Gasteiger partial charge in [0.15, 0.2) is 5.78 Å². The van der Waals surface area contributed by atoms with Crippen molar-refractivity contribution in [3.05, 3.63) is 48.1 Å². The van der Waals surface area contributed by atoms with Crippen molar-refractivity contribution < 1.29 is 4.79 Å². The lowest BCUT2D eigenvalue weighted by Gasteiger charge is -2.39. The number of ketones is 1. The van der Waals surface area contributed by atoms with Gasteiger partial charge < -0.3 is 0 Å². The average molecular weight is 258 g/mol. The second-order valence-electron chi connectivity index (χ2n) is 6.06. The van der Waals surface area contributed by atoms with Crippen LogP contribution in [0.4, 0.5) is 0 Å². The van der Waals surface area contributed by atoms with E-state index < -0.39 is 0 Å². The quantitative estimate of drug-likeness (QED) is 0.500. The number of carbonyl (C=O) groups excluding carboxylic acids is 1. The summed E-state index contributed by atoms with van der Waals surface area (Å²) in [6.45, 7) is 16.0. The molecule has 0 aromatic heterocycles. The van der Waals surface area contributed by atoms with Crippen molar-refractivity contribution in [2.24, 2.45) is 11.3 Å². The Hall–Kier alpha value is -1.37. The molecule has 1 aliphatic carbocycles. The predicted molar refractivity (Wildman–Crippen MR) is 83.0 cm³/mol. The molecule has 0 saturated carbocycles. The topological polar surface area (TPSA) is 17.1 Å². The van der Waals surface area contributed by atoms with Crippen LogP contribution in [0.5, 0.6) is 0 Å². The van der Waals surface area contributed by atoms with Crippen LogP contribution in [0.15, 0.2) is 48.1 Å². The van der Waals surface area contributed by atoms with Gasteiger partial charge in [0.2, 0.25) is 0 Å². The van der Waals surface area contributed by atoms with Crippen LogP contribution in [-0.4, -0.2) is 5.78 Å². The third kappa shape index (κ3) is 3.56. The second-order valence-corrected chi connectivity index (χ2v) is 6.06. The second kappa shape index (κ2) is 6.18. The van der Waals surface area contributed by atoms with E-state index in [0.29, 0.717) is 0 Å². The van der Waals surface area contributed by atoms with Gasteiger partial charge in [-0.15, -0.1) is 0 Å². The number of rotatable bonds is 5. The molecule has 104 valence electrons. The fourth-order valence-electron chi connectivity index (χ4n) is 2.96. The summed E-state index contributed by atoms with van der Waals surface area (Å²) in [5.41, 5.74) is 2.77. The van der Waals surface area contributed by atoms with Gasteiger partial charge in [0.05, 0.1) is 0 Å². The maximum atomic E-state index is 12.5. The van der Waals surface area contributed by atoms with Crippen LogP contribution in [-0.2, 0) is 4.79 Å². The molecule has 0 aromatic rings. The van der Waals surface area contributed by atoms with Crippen LogP contribution in [0.3, 0.4) is 0 Å². The molecule has 0 saturated heterocycles. The molecule has 2 atom stereocenters. The summed E-state index contributed by atoms with van der Waals surface area (Å²) in [6.07, 6.45) is 8.92. The Labute approximate surface area is 117 Å². The van der Waals surface area contributed by atoms with Crippen molar-refractivity contribution in [2.45, 2.75) is 47.0 Å². The van der Waals surface area contributed by atoms with E-state index >= 15 is 0 Å². The van der Waals surface area contributed by atoms with Crippen LogP contribution in [0.25, 0.3) is 0 Å². The number of hydrogen-bond donors (Lipinski definition) is 0. The zero-order valence-corrected chi connectivity index (χ0v) is 12.8. The van der Waals surface area contributed by atoms with Gasteiger partial charge in [-0.1, -0.05) is 49.5 Å². The molecule has 0 amide bonds. The van der Waals surface area contributed by atoms with Crippen LogP contribution >= 0.6 is 0 Å². The molecule has 1 aliphatic rings. The van der Waals surface area contributed by atoms with Crippen LogP contribution < -0.4 is 0 Å². The first kappa shape index (κ1) is 15.7. The lowest BCUT2D eigenvalue weighted by Crippen LogP contribution is -2.39. The lowest BCUT2D eigenvalue weighted by molar-refractivity contribution is -0.127. The third-order valence-corrected chi connectivity index (χ3v) is 4.13. The standard InChI is InChI=1S/C18H26O/c1-13(2)9-7-8-12-18(6)16(14(3)4)11-10-15(5)17(18)19/h7,9-10,16H,1,3,8,11-12H2,2,4-6H3. The van der Waals surface area contributed by atoms with Gasteiger partial charge in [-0.05, 0) is 51.5 Å². The van der Waals surface area contributed by atoms with Crippen molar-refractivity contribution in [1.29, 1.82) is 0 Å². The molecule has 0 fully saturated rings. The Morgan fingerprint density at radius 3 is 2.63 bits per heavy atom. The summed E-state index contributed by atoms with van der Waals surface area (Å²) in [4.78, 5) is 12.5. The predicted octanol–water partition coefficient (Wildman–Crippen LogP) is 5.02. The first-order valence-corrected chi connectivity index (χ1v) is 6.98. The van der Waals surface area contributed by atoms with Crippen LogP contribution in [0.1, 0.15) is 47.0 Å². The highest BCUT2D eigenvalue weighted by Gasteiger charge is 2.42. The van der Waals surface area contributed by atoms with E-state index in [4.69, 9.17) is 0 Å². The molecule has 0 heterocycles. The van der Waals surface area contributed by atoms with Crippen molar-refractivity contribution >= 4 is 5.78 Å². The molecule has 1 rings (SSSR count). The molecular formula is C18H26O. The molecular weight excluding hydrogens is 232 g/mol.